The molecule has 0 aromatic heterocycles. The molecule has 0 radical (unpaired) electrons. The van der Waals surface area contributed by atoms with Crippen LogP contribution in [0.4, 0.5) is 17.1 Å². The summed E-state index contributed by atoms with van der Waals surface area (Å²) in [7, 11) is 0. The van der Waals surface area contributed by atoms with E-state index in [1.54, 1.807) is 30.3 Å². The zero-order valence-corrected chi connectivity index (χ0v) is 14.2. The van der Waals surface area contributed by atoms with Crippen molar-refractivity contribution in [3.05, 3.63) is 87.0 Å². The Morgan fingerprint density at radius 2 is 1.29 bits per heavy atom. The van der Waals surface area contributed by atoms with Gasteiger partial charge in [0.15, 0.2) is 23.1 Å². The zero-order valence-electron chi connectivity index (χ0n) is 14.2. The second kappa shape index (κ2) is 6.20. The summed E-state index contributed by atoms with van der Waals surface area (Å²) < 4.78 is 0. The van der Waals surface area contributed by atoms with E-state index >= 15 is 0 Å². The molecule has 8 heteroatoms. The van der Waals surface area contributed by atoms with Gasteiger partial charge < -0.3 is 15.5 Å². The van der Waals surface area contributed by atoms with Gasteiger partial charge in [0.2, 0.25) is 0 Å². The van der Waals surface area contributed by atoms with Gasteiger partial charge in [-0.3, -0.25) is 19.7 Å². The number of ketones is 2. The molecule has 0 fully saturated rings. The van der Waals surface area contributed by atoms with Crippen molar-refractivity contribution in [1.82, 2.24) is 0 Å². The lowest BCUT2D eigenvalue weighted by molar-refractivity contribution is -0.383. The van der Waals surface area contributed by atoms with E-state index in [-0.39, 0.29) is 33.6 Å². The van der Waals surface area contributed by atoms with Crippen molar-refractivity contribution in [2.75, 3.05) is 5.32 Å². The van der Waals surface area contributed by atoms with Crippen molar-refractivity contribution in [2.24, 2.45) is 0 Å². The first-order chi connectivity index (χ1) is 13.4. The first-order valence-electron chi connectivity index (χ1n) is 8.16. The Hall–Kier alpha value is -4.20. The molecule has 3 aromatic rings. The number of carbonyl (C=O) groups excluding carboxylic acids is 2. The number of nitrogens with one attached hydrogen (secondary N) is 1. The van der Waals surface area contributed by atoms with Gasteiger partial charge >= 0.3 is 0 Å². The van der Waals surface area contributed by atoms with Gasteiger partial charge in [-0.2, -0.15) is 0 Å². The fraction of sp³-hybridized carbons (Fsp3) is 0. The van der Waals surface area contributed by atoms with E-state index in [1.807, 2.05) is 0 Å². The standard InChI is InChI=1S/C20H12N2O6/c23-17-8-13-14(9-18(17)24)20(26)12-7-16(22(27)28)15(6-11(12)19(13)25)21-10-4-2-1-3-5-10/h1-9,21,23-24H. The van der Waals surface area contributed by atoms with Crippen LogP contribution < -0.4 is 5.32 Å². The van der Waals surface area contributed by atoms with Gasteiger partial charge in [-0.25, -0.2) is 0 Å². The van der Waals surface area contributed by atoms with E-state index in [0.29, 0.717) is 5.69 Å². The summed E-state index contributed by atoms with van der Waals surface area (Å²) in [5.74, 6) is -2.31. The summed E-state index contributed by atoms with van der Waals surface area (Å²) in [5.41, 5.74) is -0.0847. The van der Waals surface area contributed by atoms with Crippen LogP contribution in [-0.4, -0.2) is 26.7 Å². The van der Waals surface area contributed by atoms with E-state index in [0.717, 1.165) is 18.2 Å². The maximum Gasteiger partial charge on any atom is 0.293 e. The molecule has 0 atom stereocenters. The molecular weight excluding hydrogens is 364 g/mol. The molecule has 1 aliphatic carbocycles. The van der Waals surface area contributed by atoms with E-state index in [9.17, 15) is 29.9 Å². The molecule has 0 unspecified atom stereocenters. The Morgan fingerprint density at radius 1 is 0.786 bits per heavy atom. The zero-order chi connectivity index (χ0) is 20.0. The molecule has 0 aliphatic heterocycles. The van der Waals surface area contributed by atoms with Gasteiger partial charge in [0.25, 0.3) is 5.69 Å². The van der Waals surface area contributed by atoms with Gasteiger partial charge in [0, 0.05) is 34.0 Å². The van der Waals surface area contributed by atoms with Crippen molar-refractivity contribution < 1.29 is 24.7 Å². The van der Waals surface area contributed by atoms with Crippen molar-refractivity contribution in [2.45, 2.75) is 0 Å². The minimum absolute atomic E-state index is 0.0216. The van der Waals surface area contributed by atoms with Crippen LogP contribution >= 0.6 is 0 Å². The molecule has 0 saturated heterocycles. The highest BCUT2D eigenvalue weighted by Gasteiger charge is 2.34. The molecule has 0 spiro atoms. The first-order valence-corrected chi connectivity index (χ1v) is 8.16. The quantitative estimate of drug-likeness (QED) is 0.283. The number of rotatable bonds is 3. The smallest absolute Gasteiger partial charge is 0.293 e. The van der Waals surface area contributed by atoms with Crippen molar-refractivity contribution >= 4 is 28.6 Å². The van der Waals surface area contributed by atoms with Crippen LogP contribution in [0, 0.1) is 10.1 Å². The van der Waals surface area contributed by atoms with E-state index in [4.69, 9.17) is 0 Å². The third-order valence-electron chi connectivity index (χ3n) is 4.48. The molecule has 138 valence electrons. The highest BCUT2D eigenvalue weighted by molar-refractivity contribution is 6.29. The second-order valence-corrected chi connectivity index (χ2v) is 6.21. The molecular formula is C20H12N2O6. The Balaban J connectivity index is 1.90. The minimum Gasteiger partial charge on any atom is -0.504 e. The second-order valence-electron chi connectivity index (χ2n) is 6.21. The molecule has 3 N–H and O–H groups in total. The first kappa shape index (κ1) is 17.2. The highest BCUT2D eigenvalue weighted by atomic mass is 16.6. The van der Waals surface area contributed by atoms with Gasteiger partial charge in [-0.1, -0.05) is 18.2 Å². The summed E-state index contributed by atoms with van der Waals surface area (Å²) in [5, 5.41) is 33.7. The largest absolute Gasteiger partial charge is 0.504 e. The predicted octanol–water partition coefficient (Wildman–Crippen LogP) is 3.53. The SMILES string of the molecule is O=C1c2cc(O)c(O)cc2C(=O)c2cc([N+](=O)[O-])c(Nc3ccccc3)cc21. The van der Waals surface area contributed by atoms with Gasteiger partial charge in [-0.15, -0.1) is 0 Å². The van der Waals surface area contributed by atoms with Gasteiger partial charge in [-0.05, 0) is 30.3 Å². The topological polar surface area (TPSA) is 130 Å². The fourth-order valence-electron chi connectivity index (χ4n) is 3.13. The van der Waals surface area contributed by atoms with Crippen molar-refractivity contribution in [1.29, 1.82) is 0 Å². The number of fused-ring (bicyclic) bond motifs is 2. The maximum atomic E-state index is 12.9. The molecule has 0 heterocycles. The Kier molecular flexibility index (Phi) is 3.82. The third kappa shape index (κ3) is 2.64. The average Bonchev–Trinajstić information content (AvgIpc) is 2.68. The number of nitrogens with zero attached hydrogens (tertiary/aromatic N) is 1. The number of phenols is 2. The minimum atomic E-state index is -0.646. The van der Waals surface area contributed by atoms with Crippen molar-refractivity contribution in [3.8, 4) is 11.5 Å². The summed E-state index contributed by atoms with van der Waals surface area (Å²) >= 11 is 0. The Morgan fingerprint density at radius 3 is 1.82 bits per heavy atom. The molecule has 0 saturated carbocycles. The lowest BCUT2D eigenvalue weighted by Gasteiger charge is -2.19. The number of anilines is 2. The van der Waals surface area contributed by atoms with E-state index in [1.165, 1.54) is 6.07 Å². The van der Waals surface area contributed by atoms with Crippen LogP contribution in [0.15, 0.2) is 54.6 Å². The number of phenolic OH excluding ortho intramolecular Hbond substituents is 2. The van der Waals surface area contributed by atoms with Crippen LogP contribution in [0.2, 0.25) is 0 Å². The molecule has 28 heavy (non-hydrogen) atoms. The maximum absolute atomic E-state index is 12.9. The number of hydrogen-bond donors (Lipinski definition) is 3. The number of nitro groups is 1. The number of hydrogen-bond acceptors (Lipinski definition) is 7. The Labute approximate surface area is 157 Å². The van der Waals surface area contributed by atoms with Gasteiger partial charge in [0.05, 0.1) is 4.92 Å². The average molecular weight is 376 g/mol. The lowest BCUT2D eigenvalue weighted by Crippen LogP contribution is -2.21. The molecule has 3 aromatic carbocycles. The van der Waals surface area contributed by atoms with Crippen LogP contribution in [-0.2, 0) is 0 Å². The summed E-state index contributed by atoms with van der Waals surface area (Å²) in [6.45, 7) is 0. The third-order valence-corrected chi connectivity index (χ3v) is 4.48. The number of aromatic hydroxyl groups is 2. The van der Waals surface area contributed by atoms with Crippen LogP contribution in [0.3, 0.4) is 0 Å². The highest BCUT2D eigenvalue weighted by Crippen LogP contribution is 2.39. The normalized spacial score (nSPS) is 12.3. The molecule has 4 rings (SSSR count). The van der Waals surface area contributed by atoms with Crippen molar-refractivity contribution in [3.63, 3.8) is 0 Å². The number of carbonyl (C=O) groups is 2. The summed E-state index contributed by atoms with van der Waals surface area (Å²) in [4.78, 5) is 36.5. The lowest BCUT2D eigenvalue weighted by atomic mass is 9.83. The number of para-hydroxylation sites is 1. The number of nitro benzene ring substituents is 1. The van der Waals surface area contributed by atoms with Crippen LogP contribution in [0.5, 0.6) is 11.5 Å². The van der Waals surface area contributed by atoms with Crippen LogP contribution in [0.25, 0.3) is 0 Å². The Bertz CT molecular complexity index is 1170. The van der Waals surface area contributed by atoms with Gasteiger partial charge in [0.1, 0.15) is 5.69 Å². The fourth-order valence-corrected chi connectivity index (χ4v) is 3.13. The van der Waals surface area contributed by atoms with Crippen LogP contribution in [0.1, 0.15) is 31.8 Å². The summed E-state index contributed by atoms with van der Waals surface area (Å²) in [6.07, 6.45) is 0. The van der Waals surface area contributed by atoms with E-state index < -0.39 is 28.0 Å². The molecule has 1 aliphatic rings. The molecule has 0 bridgehead atoms. The summed E-state index contributed by atoms with van der Waals surface area (Å²) in [6, 6.07) is 13.0. The van der Waals surface area contributed by atoms with E-state index in [2.05, 4.69) is 5.32 Å². The predicted molar refractivity (Wildman–Crippen MR) is 99.5 cm³/mol. The monoisotopic (exact) mass is 376 g/mol. The number of benzene rings is 3. The molecule has 0 amide bonds. The molecule has 8 nitrogen and oxygen atoms in total.